The molecule has 3 unspecified atom stereocenters. The second-order valence-electron chi connectivity index (χ2n) is 11.1. The van der Waals surface area contributed by atoms with Crippen molar-refractivity contribution in [3.8, 4) is 0 Å². The third-order valence-corrected chi connectivity index (χ3v) is 10.3. The number of piperidine rings is 1. The number of ether oxygens (including phenoxy) is 1. The molecular formula is C26H35F3N6O5S. The molecule has 1 aromatic carbocycles. The van der Waals surface area contributed by atoms with Gasteiger partial charge in [-0.1, -0.05) is 6.42 Å². The van der Waals surface area contributed by atoms with Gasteiger partial charge in [0.25, 0.3) is 5.91 Å². The summed E-state index contributed by atoms with van der Waals surface area (Å²) in [6.45, 7) is 1.65. The number of hydrogen-bond donors (Lipinski definition) is 3. The van der Waals surface area contributed by atoms with Crippen molar-refractivity contribution in [2.24, 2.45) is 17.8 Å². The molecule has 1 aromatic heterocycles. The second-order valence-corrected chi connectivity index (χ2v) is 13.1. The van der Waals surface area contributed by atoms with Gasteiger partial charge in [0.15, 0.2) is 5.75 Å². The predicted octanol–water partition coefficient (Wildman–Crippen LogP) is 1.89. The maximum atomic E-state index is 14.0. The minimum absolute atomic E-state index is 0.0159. The first-order valence-electron chi connectivity index (χ1n) is 13.8. The van der Waals surface area contributed by atoms with Gasteiger partial charge in [-0.3, -0.25) is 20.4 Å². The monoisotopic (exact) mass is 600 g/mol. The Morgan fingerprint density at radius 1 is 1.17 bits per heavy atom. The Labute approximate surface area is 236 Å². The van der Waals surface area contributed by atoms with Crippen molar-refractivity contribution in [3.63, 3.8) is 0 Å². The molecule has 0 radical (unpaired) electrons. The minimum atomic E-state index is -4.64. The van der Waals surface area contributed by atoms with Gasteiger partial charge in [-0.15, -0.1) is 0 Å². The topological polar surface area (TPSA) is 135 Å². The molecule has 41 heavy (non-hydrogen) atoms. The molecule has 3 heterocycles. The number of alkyl halides is 3. The van der Waals surface area contributed by atoms with E-state index in [9.17, 15) is 31.2 Å². The highest BCUT2D eigenvalue weighted by atomic mass is 32.2. The second kappa shape index (κ2) is 11.9. The van der Waals surface area contributed by atoms with Crippen LogP contribution in [0.15, 0.2) is 18.2 Å². The largest absolute Gasteiger partial charge is 0.468 e. The zero-order valence-electron chi connectivity index (χ0n) is 22.7. The Bertz CT molecular complexity index is 1390. The summed E-state index contributed by atoms with van der Waals surface area (Å²) in [5, 5.41) is 2.82. The Balaban J connectivity index is 1.24. The molecule has 226 valence electrons. The van der Waals surface area contributed by atoms with Crippen LogP contribution in [0.4, 0.5) is 13.2 Å². The summed E-state index contributed by atoms with van der Waals surface area (Å²) < 4.78 is 73.7. The molecule has 3 N–H and O–H groups in total. The average Bonchev–Trinajstić information content (AvgIpc) is 3.57. The van der Waals surface area contributed by atoms with Crippen molar-refractivity contribution in [1.82, 2.24) is 30.0 Å². The minimum Gasteiger partial charge on any atom is -0.468 e. The van der Waals surface area contributed by atoms with E-state index in [4.69, 9.17) is 0 Å². The van der Waals surface area contributed by atoms with Gasteiger partial charge in [-0.2, -0.15) is 13.2 Å². The summed E-state index contributed by atoms with van der Waals surface area (Å²) in [4.78, 5) is 28.2. The Morgan fingerprint density at radius 3 is 2.63 bits per heavy atom. The number of imidazole rings is 1. The zero-order valence-corrected chi connectivity index (χ0v) is 23.6. The van der Waals surface area contributed by atoms with Crippen molar-refractivity contribution < 1.29 is 35.9 Å². The van der Waals surface area contributed by atoms with Gasteiger partial charge in [0.1, 0.15) is 0 Å². The van der Waals surface area contributed by atoms with Gasteiger partial charge in [-0.25, -0.2) is 17.7 Å². The van der Waals surface area contributed by atoms with E-state index in [2.05, 4.69) is 25.9 Å². The molecule has 11 nitrogen and oxygen atoms in total. The molecule has 1 amide bonds. The molecule has 2 aromatic rings. The molecular weight excluding hydrogens is 565 g/mol. The smallest absolute Gasteiger partial charge is 0.449 e. The average molecular weight is 601 g/mol. The number of sulfonamides is 1. The van der Waals surface area contributed by atoms with Crippen molar-refractivity contribution in [1.29, 1.82) is 0 Å². The molecule has 0 bridgehead atoms. The molecule has 2 aliphatic heterocycles. The highest BCUT2D eigenvalue weighted by Crippen LogP contribution is 2.37. The first-order chi connectivity index (χ1) is 19.5. The van der Waals surface area contributed by atoms with Crippen LogP contribution in [0.5, 0.6) is 0 Å². The van der Waals surface area contributed by atoms with Crippen molar-refractivity contribution in [2.75, 3.05) is 39.0 Å². The predicted molar refractivity (Wildman–Crippen MR) is 143 cm³/mol. The molecule has 3 atom stereocenters. The lowest BCUT2D eigenvalue weighted by Gasteiger charge is -2.33. The summed E-state index contributed by atoms with van der Waals surface area (Å²) in [6, 6.07) is 4.69. The van der Waals surface area contributed by atoms with Crippen LogP contribution in [0, 0.1) is 17.8 Å². The van der Waals surface area contributed by atoms with Gasteiger partial charge in [0.05, 0.1) is 18.1 Å². The van der Waals surface area contributed by atoms with E-state index in [0.717, 1.165) is 32.9 Å². The molecule has 15 heteroatoms. The van der Waals surface area contributed by atoms with E-state index in [1.54, 1.807) is 0 Å². The number of hydrazine groups is 1. The van der Waals surface area contributed by atoms with Gasteiger partial charge in [0.2, 0.25) is 15.8 Å². The van der Waals surface area contributed by atoms with E-state index in [0.29, 0.717) is 18.4 Å². The fourth-order valence-electron chi connectivity index (χ4n) is 6.32. The first kappa shape index (κ1) is 29.7. The number of carbonyl (C=O) groups is 2. The highest BCUT2D eigenvalue weighted by Gasteiger charge is 2.41. The Kier molecular flexibility index (Phi) is 8.60. The first-order valence-corrected chi connectivity index (χ1v) is 15.5. The van der Waals surface area contributed by atoms with Crippen LogP contribution >= 0.6 is 0 Å². The summed E-state index contributed by atoms with van der Waals surface area (Å²) in [7, 11) is -2.64. The lowest BCUT2D eigenvalue weighted by Crippen LogP contribution is -2.43. The number of fused-ring (bicyclic) bond motifs is 2. The number of halogens is 3. The molecule has 3 aliphatic rings. The fourth-order valence-corrected chi connectivity index (χ4v) is 7.68. The van der Waals surface area contributed by atoms with Gasteiger partial charge < -0.3 is 14.6 Å². The van der Waals surface area contributed by atoms with E-state index >= 15 is 0 Å². The normalized spacial score (nSPS) is 24.3. The molecule has 3 fully saturated rings. The molecule has 2 saturated heterocycles. The van der Waals surface area contributed by atoms with Gasteiger partial charge in [-0.05, 0) is 61.6 Å². The Hall–Kier alpha value is -2.75. The molecule has 1 saturated carbocycles. The Morgan fingerprint density at radius 2 is 1.93 bits per heavy atom. The quantitative estimate of drug-likeness (QED) is 0.391. The molecule has 5 rings (SSSR count). The number of hydrogen-bond acceptors (Lipinski definition) is 8. The number of benzene rings is 1. The standard InChI is InChI=1S/C26H35F3N6O5S/c1-40-23(36)15-41(38,39)34-9-7-16(8-10-34)12-30-24(37)17-5-6-22-21(11-17)32-25(26(27,28)29)35(22)14-18-3-2-4-20-19(18)13-31-33-20/h5-6,11,16,18-20,31,33H,2-4,7-10,12-15H2,1H3,(H,30,37). The van der Waals surface area contributed by atoms with Crippen LogP contribution in [0.3, 0.4) is 0 Å². The van der Waals surface area contributed by atoms with Crippen LogP contribution < -0.4 is 16.2 Å². The summed E-state index contributed by atoms with van der Waals surface area (Å²) in [6.07, 6.45) is -0.864. The van der Waals surface area contributed by atoms with Gasteiger partial charge >= 0.3 is 12.1 Å². The summed E-state index contributed by atoms with van der Waals surface area (Å²) in [5.41, 5.74) is 7.04. The van der Waals surface area contributed by atoms with Crippen molar-refractivity contribution in [2.45, 2.75) is 50.9 Å². The zero-order chi connectivity index (χ0) is 29.4. The number of esters is 1. The number of nitrogens with one attached hydrogen (secondary N) is 3. The lowest BCUT2D eigenvalue weighted by atomic mass is 9.77. The van der Waals surface area contributed by atoms with Crippen LogP contribution in [-0.4, -0.2) is 79.2 Å². The number of amides is 1. The van der Waals surface area contributed by atoms with Crippen molar-refractivity contribution >= 4 is 32.9 Å². The fraction of sp³-hybridized carbons (Fsp3) is 0.654. The third kappa shape index (κ3) is 6.52. The van der Waals surface area contributed by atoms with Crippen LogP contribution in [0.2, 0.25) is 0 Å². The summed E-state index contributed by atoms with van der Waals surface area (Å²) >= 11 is 0. The van der Waals surface area contributed by atoms with E-state index in [1.807, 2.05) is 0 Å². The maximum absolute atomic E-state index is 14.0. The molecule has 1 aliphatic carbocycles. The van der Waals surface area contributed by atoms with Crippen LogP contribution in [-0.2, 0) is 32.3 Å². The van der Waals surface area contributed by atoms with E-state index in [1.165, 1.54) is 27.1 Å². The SMILES string of the molecule is COC(=O)CS(=O)(=O)N1CCC(CNC(=O)c2ccc3c(c2)nc(C(F)(F)F)n3CC2CCCC3NNCC23)CC1. The third-order valence-electron chi connectivity index (χ3n) is 8.56. The summed E-state index contributed by atoms with van der Waals surface area (Å²) in [5.74, 6) is -2.60. The van der Waals surface area contributed by atoms with E-state index in [-0.39, 0.29) is 61.1 Å². The number of nitrogens with zero attached hydrogens (tertiary/aromatic N) is 3. The number of rotatable bonds is 8. The number of methoxy groups -OCH3 is 1. The van der Waals surface area contributed by atoms with E-state index < -0.39 is 39.7 Å². The highest BCUT2D eigenvalue weighted by molar-refractivity contribution is 7.89. The van der Waals surface area contributed by atoms with Gasteiger partial charge in [0, 0.05) is 44.3 Å². The molecule has 0 spiro atoms. The maximum Gasteiger partial charge on any atom is 0.449 e. The van der Waals surface area contributed by atoms with Crippen LogP contribution in [0.1, 0.15) is 48.3 Å². The lowest BCUT2D eigenvalue weighted by molar-refractivity contribution is -0.147. The van der Waals surface area contributed by atoms with Crippen LogP contribution in [0.25, 0.3) is 11.0 Å². The number of aromatic nitrogens is 2. The van der Waals surface area contributed by atoms with Crippen molar-refractivity contribution in [3.05, 3.63) is 29.6 Å². The number of carbonyl (C=O) groups excluding carboxylic acids is 2.